The van der Waals surface area contributed by atoms with E-state index < -0.39 is 0 Å². The van der Waals surface area contributed by atoms with Gasteiger partial charge in [-0.25, -0.2) is 0 Å². The van der Waals surface area contributed by atoms with Crippen LogP contribution in [-0.2, 0) is 4.79 Å². The lowest BCUT2D eigenvalue weighted by Gasteiger charge is -2.27. The summed E-state index contributed by atoms with van der Waals surface area (Å²) in [6.07, 6.45) is 0.327. The fraction of sp³-hybridized carbons (Fsp3) is 0.250. The van der Waals surface area contributed by atoms with Crippen LogP contribution in [-0.4, -0.2) is 16.1 Å². The molecule has 5 nitrogen and oxygen atoms in total. The number of amides is 1. The van der Waals surface area contributed by atoms with Gasteiger partial charge in [0.15, 0.2) is 0 Å². The predicted molar refractivity (Wildman–Crippen MR) is 102 cm³/mol. The van der Waals surface area contributed by atoms with E-state index in [1.807, 2.05) is 48.5 Å². The van der Waals surface area contributed by atoms with Crippen LogP contribution in [0.4, 0.5) is 5.13 Å². The number of hydrogen-bond acceptors (Lipinski definition) is 5. The molecule has 0 spiro atoms. The van der Waals surface area contributed by atoms with Crippen molar-refractivity contribution in [2.45, 2.75) is 32.1 Å². The predicted octanol–water partition coefficient (Wildman–Crippen LogP) is 4.93. The number of hydrogen-bond donors (Lipinski definition) is 1. The molecule has 0 saturated heterocycles. The van der Waals surface area contributed by atoms with Crippen LogP contribution in [0, 0.1) is 0 Å². The fourth-order valence-electron chi connectivity index (χ4n) is 3.10. The topological polar surface area (TPSA) is 64.1 Å². The minimum atomic E-state index is -0.0760. The van der Waals surface area contributed by atoms with E-state index in [2.05, 4.69) is 29.4 Å². The smallest absolute Gasteiger partial charge is 0.227 e. The van der Waals surface area contributed by atoms with Gasteiger partial charge in [0.1, 0.15) is 16.5 Å². The molecule has 1 N–H and O–H groups in total. The summed E-state index contributed by atoms with van der Waals surface area (Å²) in [7, 11) is 0. The first kappa shape index (κ1) is 16.7. The molecule has 1 aliphatic rings. The van der Waals surface area contributed by atoms with Gasteiger partial charge < -0.3 is 10.1 Å². The molecule has 4 rings (SSSR count). The van der Waals surface area contributed by atoms with E-state index in [1.54, 1.807) is 0 Å². The highest BCUT2D eigenvalue weighted by Crippen LogP contribution is 2.45. The zero-order chi connectivity index (χ0) is 18.1. The zero-order valence-electron chi connectivity index (χ0n) is 14.6. The van der Waals surface area contributed by atoms with Gasteiger partial charge in [-0.05, 0) is 12.1 Å². The number of para-hydroxylation sites is 2. The van der Waals surface area contributed by atoms with E-state index in [4.69, 9.17) is 4.74 Å². The molecule has 132 valence electrons. The molecule has 2 heterocycles. The molecule has 6 heteroatoms. The Bertz CT molecular complexity index is 906. The lowest BCUT2D eigenvalue weighted by atomic mass is 9.85. The van der Waals surface area contributed by atoms with Crippen LogP contribution in [0.15, 0.2) is 48.5 Å². The maximum absolute atomic E-state index is 12.7. The number of nitrogens with zero attached hydrogens (tertiary/aromatic N) is 2. The van der Waals surface area contributed by atoms with E-state index in [0.29, 0.717) is 17.5 Å². The summed E-state index contributed by atoms with van der Waals surface area (Å²) in [5, 5.41) is 12.6. The van der Waals surface area contributed by atoms with Crippen molar-refractivity contribution in [1.29, 1.82) is 0 Å². The van der Waals surface area contributed by atoms with Crippen molar-refractivity contribution in [3.63, 3.8) is 0 Å². The first-order valence-corrected chi connectivity index (χ1v) is 9.42. The summed E-state index contributed by atoms with van der Waals surface area (Å²) in [6, 6.07) is 15.8. The van der Waals surface area contributed by atoms with Crippen molar-refractivity contribution in [2.24, 2.45) is 0 Å². The fourth-order valence-corrected chi connectivity index (χ4v) is 3.86. The Labute approximate surface area is 156 Å². The number of ether oxygens (including phenoxy) is 1. The van der Waals surface area contributed by atoms with Gasteiger partial charge in [0, 0.05) is 29.4 Å². The zero-order valence-corrected chi connectivity index (χ0v) is 15.4. The molecule has 1 amide bonds. The lowest BCUT2D eigenvalue weighted by molar-refractivity contribution is -0.116. The minimum Gasteiger partial charge on any atom is -0.457 e. The van der Waals surface area contributed by atoms with Crippen LogP contribution >= 0.6 is 11.3 Å². The number of anilines is 1. The van der Waals surface area contributed by atoms with E-state index in [9.17, 15) is 4.79 Å². The van der Waals surface area contributed by atoms with Gasteiger partial charge in [-0.1, -0.05) is 61.6 Å². The molecule has 0 saturated carbocycles. The van der Waals surface area contributed by atoms with E-state index in [1.165, 1.54) is 11.3 Å². The second kappa shape index (κ2) is 6.88. The van der Waals surface area contributed by atoms with Gasteiger partial charge in [0.2, 0.25) is 11.0 Å². The largest absolute Gasteiger partial charge is 0.457 e. The number of benzene rings is 2. The van der Waals surface area contributed by atoms with Gasteiger partial charge in [0.05, 0.1) is 0 Å². The molecule has 0 fully saturated rings. The highest BCUT2D eigenvalue weighted by Gasteiger charge is 2.28. The monoisotopic (exact) mass is 365 g/mol. The maximum Gasteiger partial charge on any atom is 0.227 e. The Kier molecular flexibility index (Phi) is 4.42. The molecule has 0 unspecified atom stereocenters. The number of carbonyl (C=O) groups is 1. The van der Waals surface area contributed by atoms with Crippen molar-refractivity contribution in [3.05, 3.63) is 64.7 Å². The normalized spacial score (nSPS) is 13.0. The van der Waals surface area contributed by atoms with Gasteiger partial charge in [-0.2, -0.15) is 0 Å². The molecule has 0 radical (unpaired) electrons. The van der Waals surface area contributed by atoms with Gasteiger partial charge in [-0.15, -0.1) is 10.2 Å². The summed E-state index contributed by atoms with van der Waals surface area (Å²) in [6.45, 7) is 4.12. The van der Waals surface area contributed by atoms with Crippen molar-refractivity contribution in [1.82, 2.24) is 10.2 Å². The van der Waals surface area contributed by atoms with E-state index in [-0.39, 0.29) is 11.8 Å². The Balaban J connectivity index is 1.58. The van der Waals surface area contributed by atoms with Gasteiger partial charge in [-0.3, -0.25) is 4.79 Å². The molecule has 3 aromatic rings. The van der Waals surface area contributed by atoms with Crippen LogP contribution < -0.4 is 10.1 Å². The Morgan fingerprint density at radius 2 is 1.69 bits per heavy atom. The summed E-state index contributed by atoms with van der Waals surface area (Å²) in [4.78, 5) is 12.7. The average molecular weight is 365 g/mol. The quantitative estimate of drug-likeness (QED) is 0.712. The van der Waals surface area contributed by atoms with Crippen molar-refractivity contribution < 1.29 is 9.53 Å². The SMILES string of the molecule is CC(C)c1nnc(NC(=O)CC2c3ccccc3Oc3ccccc32)s1. The van der Waals surface area contributed by atoms with Crippen molar-refractivity contribution in [2.75, 3.05) is 5.32 Å². The molecule has 1 aliphatic heterocycles. The molecule has 0 bridgehead atoms. The third kappa shape index (κ3) is 3.20. The molecule has 26 heavy (non-hydrogen) atoms. The second-order valence-corrected chi connectivity index (χ2v) is 7.59. The standard InChI is InChI=1S/C20H19N3O2S/c1-12(2)19-22-23-20(26-19)21-18(24)11-15-13-7-3-5-9-16(13)25-17-10-6-4-8-14(15)17/h3-10,12,15H,11H2,1-2H3,(H,21,23,24). The van der Waals surface area contributed by atoms with Crippen LogP contribution in [0.3, 0.4) is 0 Å². The van der Waals surface area contributed by atoms with Crippen molar-refractivity contribution >= 4 is 22.4 Å². The Morgan fingerprint density at radius 1 is 1.08 bits per heavy atom. The maximum atomic E-state index is 12.7. The molecular formula is C20H19N3O2S. The third-order valence-electron chi connectivity index (χ3n) is 4.38. The Morgan fingerprint density at radius 3 is 2.27 bits per heavy atom. The highest BCUT2D eigenvalue weighted by molar-refractivity contribution is 7.15. The number of rotatable bonds is 4. The molecule has 2 aromatic carbocycles. The summed E-state index contributed by atoms with van der Waals surface area (Å²) < 4.78 is 5.99. The molecule has 0 atom stereocenters. The van der Waals surface area contributed by atoms with Gasteiger partial charge in [0.25, 0.3) is 0 Å². The van der Waals surface area contributed by atoms with Crippen LogP contribution in [0.2, 0.25) is 0 Å². The molecular weight excluding hydrogens is 346 g/mol. The third-order valence-corrected chi connectivity index (χ3v) is 5.52. The number of fused-ring (bicyclic) bond motifs is 2. The number of aromatic nitrogens is 2. The molecule has 0 aliphatic carbocycles. The second-order valence-electron chi connectivity index (χ2n) is 6.58. The highest BCUT2D eigenvalue weighted by atomic mass is 32.1. The van der Waals surface area contributed by atoms with E-state index in [0.717, 1.165) is 27.6 Å². The first-order chi connectivity index (χ1) is 12.6. The average Bonchev–Trinajstić information content (AvgIpc) is 3.10. The summed E-state index contributed by atoms with van der Waals surface area (Å²) in [5.74, 6) is 1.79. The lowest BCUT2D eigenvalue weighted by Crippen LogP contribution is -2.19. The Hall–Kier alpha value is -2.73. The van der Waals surface area contributed by atoms with Crippen LogP contribution in [0.25, 0.3) is 0 Å². The van der Waals surface area contributed by atoms with Crippen molar-refractivity contribution in [3.8, 4) is 11.5 Å². The summed E-state index contributed by atoms with van der Waals surface area (Å²) >= 11 is 1.42. The first-order valence-electron chi connectivity index (χ1n) is 8.61. The van der Waals surface area contributed by atoms with Gasteiger partial charge >= 0.3 is 0 Å². The summed E-state index contributed by atoms with van der Waals surface area (Å²) in [5.41, 5.74) is 2.06. The van der Waals surface area contributed by atoms with Crippen LogP contribution in [0.1, 0.15) is 48.2 Å². The van der Waals surface area contributed by atoms with E-state index >= 15 is 0 Å². The number of carbonyl (C=O) groups excluding carboxylic acids is 1. The molecule has 1 aromatic heterocycles. The number of nitrogens with one attached hydrogen (secondary N) is 1. The minimum absolute atomic E-state index is 0.0476. The van der Waals surface area contributed by atoms with Crippen LogP contribution in [0.5, 0.6) is 11.5 Å².